The van der Waals surface area contributed by atoms with Crippen molar-refractivity contribution in [3.63, 3.8) is 0 Å². The number of rotatable bonds is 5. The van der Waals surface area contributed by atoms with Crippen LogP contribution in [-0.4, -0.2) is 54.4 Å². The minimum Gasteiger partial charge on any atom is -0.463 e. The molecule has 0 amide bonds. The van der Waals surface area contributed by atoms with E-state index in [1.807, 2.05) is 0 Å². The minimum absolute atomic E-state index is 0.281. The Hall–Kier alpha value is -2.03. The van der Waals surface area contributed by atoms with Crippen LogP contribution in [0, 0.1) is 0 Å². The highest BCUT2D eigenvalue weighted by atomic mass is 35.5. The summed E-state index contributed by atoms with van der Waals surface area (Å²) in [4.78, 5) is 36.2. The number of alkyl halides is 1. The number of halogens is 1. The highest BCUT2D eigenvalue weighted by Gasteiger charge is 2.49. The van der Waals surface area contributed by atoms with E-state index in [-0.39, 0.29) is 6.61 Å². The van der Waals surface area contributed by atoms with Gasteiger partial charge in [0.05, 0.1) is 0 Å². The first kappa shape index (κ1) is 19.0. The number of hydrogen-bond acceptors (Lipinski definition) is 8. The second-order valence-corrected chi connectivity index (χ2v) is 5.10. The summed E-state index contributed by atoms with van der Waals surface area (Å²) >= 11 is 5.99. The molecule has 0 aliphatic carbocycles. The molecule has 11 heteroatoms. The van der Waals surface area contributed by atoms with E-state index < -0.39 is 47.8 Å². The Kier molecular flexibility index (Phi) is 7.08. The normalized spacial score (nSPS) is 29.8. The van der Waals surface area contributed by atoms with Gasteiger partial charge in [-0.15, -0.1) is 0 Å². The third kappa shape index (κ3) is 5.59. The van der Waals surface area contributed by atoms with Gasteiger partial charge in [-0.05, 0) is 5.53 Å². The molecule has 0 aromatic rings. The number of hydrogen-bond donors (Lipinski definition) is 0. The lowest BCUT2D eigenvalue weighted by Gasteiger charge is -2.41. The first-order chi connectivity index (χ1) is 10.8. The molecule has 5 atom stereocenters. The Morgan fingerprint density at radius 1 is 1.13 bits per heavy atom. The lowest BCUT2D eigenvalue weighted by atomic mass is 9.98. The molecule has 1 aliphatic heterocycles. The summed E-state index contributed by atoms with van der Waals surface area (Å²) in [6.45, 7) is 3.19. The van der Waals surface area contributed by atoms with Gasteiger partial charge in [0.15, 0.2) is 12.2 Å². The molecular weight excluding hydrogens is 334 g/mol. The van der Waals surface area contributed by atoms with Crippen molar-refractivity contribution >= 4 is 29.5 Å². The summed E-state index contributed by atoms with van der Waals surface area (Å²) in [5.41, 5.74) is 7.46. The van der Waals surface area contributed by atoms with Gasteiger partial charge < -0.3 is 18.9 Å². The largest absolute Gasteiger partial charge is 0.463 e. The van der Waals surface area contributed by atoms with E-state index >= 15 is 0 Å². The highest BCUT2D eigenvalue weighted by Crippen LogP contribution is 2.30. The van der Waals surface area contributed by atoms with Crippen LogP contribution < -0.4 is 0 Å². The summed E-state index contributed by atoms with van der Waals surface area (Å²) in [5, 5.41) is 3.43. The number of nitrogens with zero attached hydrogens (tertiary/aromatic N) is 3. The van der Waals surface area contributed by atoms with E-state index in [1.165, 1.54) is 6.92 Å². The van der Waals surface area contributed by atoms with E-state index in [4.69, 9.17) is 36.1 Å². The van der Waals surface area contributed by atoms with Crippen molar-refractivity contribution < 1.29 is 33.3 Å². The number of carbonyl (C=O) groups is 3. The third-order valence-electron chi connectivity index (χ3n) is 2.84. The highest BCUT2D eigenvalue weighted by molar-refractivity contribution is 6.20. The molecule has 1 saturated heterocycles. The predicted molar refractivity (Wildman–Crippen MR) is 75.2 cm³/mol. The van der Waals surface area contributed by atoms with Gasteiger partial charge in [0.25, 0.3) is 0 Å². The van der Waals surface area contributed by atoms with E-state index in [0.29, 0.717) is 0 Å². The number of azide groups is 1. The molecule has 1 unspecified atom stereocenters. The summed E-state index contributed by atoms with van der Waals surface area (Å²) < 4.78 is 20.4. The predicted octanol–water partition coefficient (Wildman–Crippen LogP) is 1.06. The standard InChI is InChI=1S/C12H16ClN3O7/c1-5(17)20-4-8-10(21-6(2)18)11(22-7(3)19)9(15-16-14)12(13)23-8/h8-12H,4H2,1-3H3/t8-,9-,10-,11-,12?/m1/s1. The fraction of sp³-hybridized carbons (Fsp3) is 0.750. The summed E-state index contributed by atoms with van der Waals surface area (Å²) in [6.07, 6.45) is -3.31. The first-order valence-electron chi connectivity index (χ1n) is 6.57. The van der Waals surface area contributed by atoms with E-state index in [1.54, 1.807) is 0 Å². The molecule has 0 saturated carbocycles. The lowest BCUT2D eigenvalue weighted by Crippen LogP contribution is -2.59. The maximum absolute atomic E-state index is 11.3. The van der Waals surface area contributed by atoms with Gasteiger partial charge in [-0.2, -0.15) is 0 Å². The molecule has 23 heavy (non-hydrogen) atoms. The second-order valence-electron chi connectivity index (χ2n) is 4.67. The Morgan fingerprint density at radius 2 is 1.70 bits per heavy atom. The van der Waals surface area contributed by atoms with Crippen LogP contribution in [0.5, 0.6) is 0 Å². The molecule has 0 bridgehead atoms. The van der Waals surface area contributed by atoms with Crippen LogP contribution in [0.1, 0.15) is 20.8 Å². The Bertz CT molecular complexity index is 523. The van der Waals surface area contributed by atoms with Gasteiger partial charge in [0, 0.05) is 25.7 Å². The number of esters is 3. The average molecular weight is 350 g/mol. The fourth-order valence-corrected chi connectivity index (χ4v) is 2.38. The molecule has 10 nitrogen and oxygen atoms in total. The molecule has 1 fully saturated rings. The van der Waals surface area contributed by atoms with Crippen molar-refractivity contribution in [3.05, 3.63) is 10.4 Å². The van der Waals surface area contributed by atoms with E-state index in [0.717, 1.165) is 13.8 Å². The SMILES string of the molecule is CC(=O)OC[C@H]1OC(Cl)[C@H](N=[N+]=[N-])[C@@H](OC(C)=O)[C@@H]1OC(C)=O. The van der Waals surface area contributed by atoms with Gasteiger partial charge in [-0.1, -0.05) is 16.7 Å². The third-order valence-corrected chi connectivity index (χ3v) is 3.20. The molecule has 0 aromatic heterocycles. The van der Waals surface area contributed by atoms with Crippen LogP contribution in [-0.2, 0) is 33.3 Å². The maximum atomic E-state index is 11.3. The van der Waals surface area contributed by atoms with E-state index in [9.17, 15) is 14.4 Å². The van der Waals surface area contributed by atoms with Crippen LogP contribution in [0.25, 0.3) is 10.4 Å². The van der Waals surface area contributed by atoms with Crippen molar-refractivity contribution in [2.75, 3.05) is 6.61 Å². The second kappa shape index (κ2) is 8.56. The lowest BCUT2D eigenvalue weighted by molar-refractivity contribution is -0.209. The number of ether oxygens (including phenoxy) is 4. The van der Waals surface area contributed by atoms with Gasteiger partial charge in [-0.25, -0.2) is 0 Å². The topological polar surface area (TPSA) is 137 Å². The molecule has 1 rings (SSSR count). The van der Waals surface area contributed by atoms with Crippen LogP contribution >= 0.6 is 11.6 Å². The number of carbonyl (C=O) groups excluding carboxylic acids is 3. The zero-order chi connectivity index (χ0) is 17.6. The van der Waals surface area contributed by atoms with Crippen molar-refractivity contribution in [1.82, 2.24) is 0 Å². The van der Waals surface area contributed by atoms with E-state index in [2.05, 4.69) is 10.0 Å². The van der Waals surface area contributed by atoms with Gasteiger partial charge >= 0.3 is 17.9 Å². The summed E-state index contributed by atoms with van der Waals surface area (Å²) in [7, 11) is 0. The summed E-state index contributed by atoms with van der Waals surface area (Å²) in [5.74, 6) is -1.96. The Morgan fingerprint density at radius 3 is 2.17 bits per heavy atom. The van der Waals surface area contributed by atoms with Crippen molar-refractivity contribution in [2.24, 2.45) is 5.11 Å². The Labute approximate surface area is 136 Å². The molecule has 0 N–H and O–H groups in total. The van der Waals surface area contributed by atoms with Gasteiger partial charge in [0.1, 0.15) is 24.3 Å². The molecule has 0 aromatic carbocycles. The van der Waals surface area contributed by atoms with Crippen LogP contribution in [0.4, 0.5) is 0 Å². The average Bonchev–Trinajstić information content (AvgIpc) is 2.42. The molecule has 128 valence electrons. The summed E-state index contributed by atoms with van der Waals surface area (Å²) in [6, 6.07) is -1.12. The zero-order valence-electron chi connectivity index (χ0n) is 12.7. The molecule has 0 radical (unpaired) electrons. The fourth-order valence-electron chi connectivity index (χ4n) is 2.05. The minimum atomic E-state index is -1.18. The monoisotopic (exact) mass is 349 g/mol. The quantitative estimate of drug-likeness (QED) is 0.180. The van der Waals surface area contributed by atoms with Crippen LogP contribution in [0.2, 0.25) is 0 Å². The van der Waals surface area contributed by atoms with Crippen LogP contribution in [0.3, 0.4) is 0 Å². The smallest absolute Gasteiger partial charge is 0.303 e. The van der Waals surface area contributed by atoms with Gasteiger partial charge in [0.2, 0.25) is 0 Å². The Balaban J connectivity index is 3.11. The van der Waals surface area contributed by atoms with Gasteiger partial charge in [-0.3, -0.25) is 14.4 Å². The molecule has 1 aliphatic rings. The molecule has 1 heterocycles. The van der Waals surface area contributed by atoms with Crippen molar-refractivity contribution in [3.8, 4) is 0 Å². The first-order valence-corrected chi connectivity index (χ1v) is 7.01. The molecule has 0 spiro atoms. The van der Waals surface area contributed by atoms with Crippen LogP contribution in [0.15, 0.2) is 5.11 Å². The van der Waals surface area contributed by atoms with Crippen molar-refractivity contribution in [1.29, 1.82) is 0 Å². The zero-order valence-corrected chi connectivity index (χ0v) is 13.4. The maximum Gasteiger partial charge on any atom is 0.303 e. The van der Waals surface area contributed by atoms with Crippen molar-refractivity contribution in [2.45, 2.75) is 50.7 Å². The molecular formula is C12H16ClN3O7.